The molecule has 3 nitrogen and oxygen atoms in total. The van der Waals surface area contributed by atoms with Crippen LogP contribution in [-0.2, 0) is 4.79 Å². The predicted molar refractivity (Wildman–Crippen MR) is 70.9 cm³/mol. The van der Waals surface area contributed by atoms with Crippen LogP contribution in [0.5, 0.6) is 0 Å². The number of benzene rings is 1. The molecule has 94 valence electrons. The topological polar surface area (TPSA) is 41.1 Å². The van der Waals surface area contributed by atoms with Crippen LogP contribution in [0.2, 0.25) is 0 Å². The third-order valence-corrected chi connectivity index (χ3v) is 2.78. The molecule has 1 aromatic carbocycles. The first-order valence-corrected chi connectivity index (χ1v) is 6.18. The molecule has 0 fully saturated rings. The molecule has 1 amide bonds. The fraction of sp³-hybridized carbons (Fsp3) is 0.500. The van der Waals surface area contributed by atoms with E-state index in [2.05, 4.69) is 48.7 Å². The number of amides is 1. The van der Waals surface area contributed by atoms with Crippen molar-refractivity contribution in [2.24, 2.45) is 0 Å². The Kier molecular flexibility index (Phi) is 5.70. The van der Waals surface area contributed by atoms with Crippen LogP contribution in [0, 0.1) is 6.92 Å². The summed E-state index contributed by atoms with van der Waals surface area (Å²) >= 11 is 0. The van der Waals surface area contributed by atoms with Crippen LogP contribution >= 0.6 is 0 Å². The SMILES string of the molecule is CCC(NCCNC(C)=O)c1ccc(C)cc1. The average molecular weight is 234 g/mol. The van der Waals surface area contributed by atoms with E-state index >= 15 is 0 Å². The molecule has 2 N–H and O–H groups in total. The molecule has 0 aliphatic carbocycles. The maximum absolute atomic E-state index is 10.7. The summed E-state index contributed by atoms with van der Waals surface area (Å²) in [5.41, 5.74) is 2.59. The van der Waals surface area contributed by atoms with Gasteiger partial charge in [0.25, 0.3) is 0 Å². The van der Waals surface area contributed by atoms with Crippen molar-refractivity contribution in [1.82, 2.24) is 10.6 Å². The molecule has 1 atom stereocenters. The number of carbonyl (C=O) groups is 1. The van der Waals surface area contributed by atoms with Crippen LogP contribution in [0.25, 0.3) is 0 Å². The van der Waals surface area contributed by atoms with E-state index in [-0.39, 0.29) is 5.91 Å². The lowest BCUT2D eigenvalue weighted by Crippen LogP contribution is -2.32. The second kappa shape index (κ2) is 7.07. The maximum atomic E-state index is 10.7. The standard InChI is InChI=1S/C14H22N2O/c1-4-14(16-10-9-15-12(3)17)13-7-5-11(2)6-8-13/h5-8,14,16H,4,9-10H2,1-3H3,(H,15,17). The van der Waals surface area contributed by atoms with Crippen molar-refractivity contribution in [2.45, 2.75) is 33.2 Å². The molecule has 0 aliphatic rings. The molecule has 17 heavy (non-hydrogen) atoms. The average Bonchev–Trinajstić information content (AvgIpc) is 2.30. The minimum atomic E-state index is 0.0233. The van der Waals surface area contributed by atoms with Crippen LogP contribution in [-0.4, -0.2) is 19.0 Å². The lowest BCUT2D eigenvalue weighted by atomic mass is 10.0. The van der Waals surface area contributed by atoms with Crippen LogP contribution in [0.4, 0.5) is 0 Å². The molecule has 0 aromatic heterocycles. The number of rotatable bonds is 6. The van der Waals surface area contributed by atoms with Gasteiger partial charge in [-0.25, -0.2) is 0 Å². The summed E-state index contributed by atoms with van der Waals surface area (Å²) in [5, 5.41) is 6.23. The van der Waals surface area contributed by atoms with Gasteiger partial charge in [0.1, 0.15) is 0 Å². The zero-order valence-electron chi connectivity index (χ0n) is 10.9. The smallest absolute Gasteiger partial charge is 0.216 e. The molecule has 0 saturated heterocycles. The Hall–Kier alpha value is -1.35. The van der Waals surface area contributed by atoms with Crippen LogP contribution in [0.15, 0.2) is 24.3 Å². The van der Waals surface area contributed by atoms with Gasteiger partial charge in [0.2, 0.25) is 5.91 Å². The Morgan fingerprint density at radius 1 is 1.24 bits per heavy atom. The van der Waals surface area contributed by atoms with Gasteiger partial charge in [-0.05, 0) is 18.9 Å². The fourth-order valence-corrected chi connectivity index (χ4v) is 1.78. The van der Waals surface area contributed by atoms with Gasteiger partial charge in [0, 0.05) is 26.1 Å². The molecular formula is C14H22N2O. The normalized spacial score (nSPS) is 12.2. The van der Waals surface area contributed by atoms with Gasteiger partial charge >= 0.3 is 0 Å². The third kappa shape index (κ3) is 5.00. The minimum absolute atomic E-state index is 0.0233. The zero-order chi connectivity index (χ0) is 12.7. The summed E-state index contributed by atoms with van der Waals surface area (Å²) in [4.78, 5) is 10.7. The summed E-state index contributed by atoms with van der Waals surface area (Å²) in [5.74, 6) is 0.0233. The monoisotopic (exact) mass is 234 g/mol. The van der Waals surface area contributed by atoms with Gasteiger partial charge in [-0.15, -0.1) is 0 Å². The Balaban J connectivity index is 2.43. The summed E-state index contributed by atoms with van der Waals surface area (Å²) < 4.78 is 0. The van der Waals surface area contributed by atoms with Crippen molar-refractivity contribution in [1.29, 1.82) is 0 Å². The molecule has 1 aromatic rings. The molecule has 0 radical (unpaired) electrons. The zero-order valence-corrected chi connectivity index (χ0v) is 10.9. The van der Waals surface area contributed by atoms with Crippen molar-refractivity contribution in [3.05, 3.63) is 35.4 Å². The van der Waals surface area contributed by atoms with E-state index in [0.717, 1.165) is 13.0 Å². The highest BCUT2D eigenvalue weighted by atomic mass is 16.1. The van der Waals surface area contributed by atoms with Crippen molar-refractivity contribution in [3.63, 3.8) is 0 Å². The third-order valence-electron chi connectivity index (χ3n) is 2.78. The van der Waals surface area contributed by atoms with Crippen LogP contribution in [0.3, 0.4) is 0 Å². The molecule has 1 rings (SSSR count). The van der Waals surface area contributed by atoms with Crippen LogP contribution < -0.4 is 10.6 Å². The number of hydrogen-bond acceptors (Lipinski definition) is 2. The summed E-state index contributed by atoms with van der Waals surface area (Å²) in [6.45, 7) is 7.27. The van der Waals surface area contributed by atoms with Crippen LogP contribution in [0.1, 0.15) is 37.4 Å². The lowest BCUT2D eigenvalue weighted by molar-refractivity contribution is -0.118. The van der Waals surface area contributed by atoms with Gasteiger partial charge in [-0.1, -0.05) is 36.8 Å². The molecule has 0 aliphatic heterocycles. The first-order chi connectivity index (χ1) is 8.13. The van der Waals surface area contributed by atoms with E-state index in [1.807, 2.05) is 0 Å². The first-order valence-electron chi connectivity index (χ1n) is 6.18. The number of nitrogens with one attached hydrogen (secondary N) is 2. The Labute approximate surface area is 104 Å². The molecular weight excluding hydrogens is 212 g/mol. The van der Waals surface area contributed by atoms with Crippen molar-refractivity contribution >= 4 is 5.91 Å². The Morgan fingerprint density at radius 2 is 1.88 bits per heavy atom. The van der Waals surface area contributed by atoms with Crippen molar-refractivity contribution < 1.29 is 4.79 Å². The van der Waals surface area contributed by atoms with E-state index in [0.29, 0.717) is 12.6 Å². The van der Waals surface area contributed by atoms with E-state index in [9.17, 15) is 4.79 Å². The number of hydrogen-bond donors (Lipinski definition) is 2. The second-order valence-electron chi connectivity index (χ2n) is 4.31. The van der Waals surface area contributed by atoms with Gasteiger partial charge in [-0.3, -0.25) is 4.79 Å². The summed E-state index contributed by atoms with van der Waals surface area (Å²) in [6, 6.07) is 8.95. The predicted octanol–water partition coefficient (Wildman–Crippen LogP) is 2.17. The van der Waals surface area contributed by atoms with E-state index in [1.54, 1.807) is 0 Å². The molecule has 3 heteroatoms. The molecule has 0 spiro atoms. The van der Waals surface area contributed by atoms with E-state index in [4.69, 9.17) is 0 Å². The summed E-state index contributed by atoms with van der Waals surface area (Å²) in [7, 11) is 0. The van der Waals surface area contributed by atoms with Gasteiger partial charge in [-0.2, -0.15) is 0 Å². The highest BCUT2D eigenvalue weighted by molar-refractivity contribution is 5.72. The maximum Gasteiger partial charge on any atom is 0.216 e. The molecule has 0 saturated carbocycles. The molecule has 0 heterocycles. The number of carbonyl (C=O) groups excluding carboxylic acids is 1. The molecule has 1 unspecified atom stereocenters. The van der Waals surface area contributed by atoms with E-state index < -0.39 is 0 Å². The first kappa shape index (κ1) is 13.7. The summed E-state index contributed by atoms with van der Waals surface area (Å²) in [6.07, 6.45) is 1.04. The number of aryl methyl sites for hydroxylation is 1. The van der Waals surface area contributed by atoms with Gasteiger partial charge < -0.3 is 10.6 Å². The van der Waals surface area contributed by atoms with Gasteiger partial charge in [0.15, 0.2) is 0 Å². The van der Waals surface area contributed by atoms with Gasteiger partial charge in [0.05, 0.1) is 0 Å². The van der Waals surface area contributed by atoms with E-state index in [1.165, 1.54) is 18.1 Å². The fourth-order valence-electron chi connectivity index (χ4n) is 1.78. The Morgan fingerprint density at radius 3 is 2.41 bits per heavy atom. The van der Waals surface area contributed by atoms with Crippen molar-refractivity contribution in [3.8, 4) is 0 Å². The highest BCUT2D eigenvalue weighted by Crippen LogP contribution is 2.16. The minimum Gasteiger partial charge on any atom is -0.355 e. The highest BCUT2D eigenvalue weighted by Gasteiger charge is 2.07. The molecule has 0 bridgehead atoms. The quantitative estimate of drug-likeness (QED) is 0.741. The largest absolute Gasteiger partial charge is 0.355 e. The lowest BCUT2D eigenvalue weighted by Gasteiger charge is -2.17. The second-order valence-corrected chi connectivity index (χ2v) is 4.31. The van der Waals surface area contributed by atoms with Crippen molar-refractivity contribution in [2.75, 3.05) is 13.1 Å². The Bertz CT molecular complexity index is 346.